The standard InChI is InChI=1S/C12H15ClF2N2/c13-4-3-9-2-1-5-17(8-9)12-11(15)6-10(14)7-16-12/h6-7,9H,1-5,8H2. The molecule has 1 aliphatic heterocycles. The number of hydrogen-bond acceptors (Lipinski definition) is 2. The van der Waals surface area contributed by atoms with Gasteiger partial charge in [-0.25, -0.2) is 13.8 Å². The van der Waals surface area contributed by atoms with Gasteiger partial charge in [0.05, 0.1) is 6.20 Å². The summed E-state index contributed by atoms with van der Waals surface area (Å²) in [6.45, 7) is 1.52. The summed E-state index contributed by atoms with van der Waals surface area (Å²) >= 11 is 5.72. The molecule has 2 heterocycles. The summed E-state index contributed by atoms with van der Waals surface area (Å²) in [6.07, 6.45) is 4.11. The molecular weight excluding hydrogens is 246 g/mol. The molecule has 17 heavy (non-hydrogen) atoms. The Labute approximate surface area is 105 Å². The van der Waals surface area contributed by atoms with E-state index >= 15 is 0 Å². The lowest BCUT2D eigenvalue weighted by molar-refractivity contribution is 0.400. The lowest BCUT2D eigenvalue weighted by Gasteiger charge is -2.33. The molecule has 0 bridgehead atoms. The number of hydrogen-bond donors (Lipinski definition) is 0. The van der Waals surface area contributed by atoms with Crippen molar-refractivity contribution in [2.75, 3.05) is 23.9 Å². The maximum atomic E-state index is 13.6. The van der Waals surface area contributed by atoms with E-state index in [4.69, 9.17) is 11.6 Å². The van der Waals surface area contributed by atoms with Gasteiger partial charge in [0.15, 0.2) is 11.6 Å². The van der Waals surface area contributed by atoms with E-state index in [9.17, 15) is 8.78 Å². The lowest BCUT2D eigenvalue weighted by atomic mass is 9.95. The van der Waals surface area contributed by atoms with Crippen molar-refractivity contribution < 1.29 is 8.78 Å². The zero-order valence-electron chi connectivity index (χ0n) is 9.50. The van der Waals surface area contributed by atoms with Gasteiger partial charge in [-0.1, -0.05) is 0 Å². The minimum atomic E-state index is -0.638. The van der Waals surface area contributed by atoms with Gasteiger partial charge in [-0.05, 0) is 25.2 Å². The smallest absolute Gasteiger partial charge is 0.168 e. The van der Waals surface area contributed by atoms with Crippen molar-refractivity contribution in [3.8, 4) is 0 Å². The lowest BCUT2D eigenvalue weighted by Crippen LogP contribution is -2.36. The van der Waals surface area contributed by atoms with Crippen LogP contribution in [0.2, 0.25) is 0 Å². The Hall–Kier alpha value is -0.900. The molecule has 0 aliphatic carbocycles. The molecular formula is C12H15ClF2N2. The number of nitrogens with zero attached hydrogens (tertiary/aromatic N) is 2. The third-order valence-electron chi connectivity index (χ3n) is 3.12. The van der Waals surface area contributed by atoms with Crippen LogP contribution in [0.4, 0.5) is 14.6 Å². The Balaban J connectivity index is 2.10. The molecule has 2 rings (SSSR count). The van der Waals surface area contributed by atoms with Gasteiger partial charge in [-0.2, -0.15) is 0 Å². The van der Waals surface area contributed by atoms with Crippen molar-refractivity contribution in [1.82, 2.24) is 4.98 Å². The van der Waals surface area contributed by atoms with Crippen LogP contribution in [-0.4, -0.2) is 24.0 Å². The molecule has 94 valence electrons. The fourth-order valence-corrected chi connectivity index (χ4v) is 2.60. The molecule has 1 fully saturated rings. The van der Waals surface area contributed by atoms with Crippen LogP contribution in [0.15, 0.2) is 12.3 Å². The van der Waals surface area contributed by atoms with Crippen LogP contribution in [0.5, 0.6) is 0 Å². The van der Waals surface area contributed by atoms with Crippen LogP contribution in [0.25, 0.3) is 0 Å². The highest BCUT2D eigenvalue weighted by Gasteiger charge is 2.22. The van der Waals surface area contributed by atoms with E-state index in [1.165, 1.54) is 0 Å². The molecule has 1 aromatic heterocycles. The van der Waals surface area contributed by atoms with Gasteiger partial charge in [0.1, 0.15) is 5.82 Å². The zero-order valence-corrected chi connectivity index (χ0v) is 10.3. The average molecular weight is 261 g/mol. The van der Waals surface area contributed by atoms with Crippen LogP contribution >= 0.6 is 11.6 Å². The highest BCUT2D eigenvalue weighted by molar-refractivity contribution is 6.17. The Kier molecular flexibility index (Phi) is 4.15. The molecule has 1 aromatic rings. The third-order valence-corrected chi connectivity index (χ3v) is 3.34. The van der Waals surface area contributed by atoms with Gasteiger partial charge < -0.3 is 4.90 Å². The van der Waals surface area contributed by atoms with Gasteiger partial charge in [-0.15, -0.1) is 11.6 Å². The Morgan fingerprint density at radius 2 is 2.29 bits per heavy atom. The Morgan fingerprint density at radius 1 is 1.47 bits per heavy atom. The largest absolute Gasteiger partial charge is 0.354 e. The maximum absolute atomic E-state index is 13.6. The summed E-state index contributed by atoms with van der Waals surface area (Å²) in [6, 6.07) is 0.882. The topological polar surface area (TPSA) is 16.1 Å². The molecule has 1 saturated heterocycles. The first-order valence-electron chi connectivity index (χ1n) is 5.82. The van der Waals surface area contributed by atoms with E-state index in [0.29, 0.717) is 11.8 Å². The molecule has 0 spiro atoms. The van der Waals surface area contributed by atoms with Crippen LogP contribution in [0.1, 0.15) is 19.3 Å². The summed E-state index contributed by atoms with van der Waals surface area (Å²) in [5.41, 5.74) is 0. The van der Waals surface area contributed by atoms with Crippen molar-refractivity contribution in [2.24, 2.45) is 5.92 Å². The van der Waals surface area contributed by atoms with Crippen LogP contribution in [0.3, 0.4) is 0 Å². The summed E-state index contributed by atoms with van der Waals surface area (Å²) in [5, 5.41) is 0. The van der Waals surface area contributed by atoms with Crippen molar-refractivity contribution in [2.45, 2.75) is 19.3 Å². The number of halogens is 3. The van der Waals surface area contributed by atoms with E-state index in [-0.39, 0.29) is 5.82 Å². The molecule has 1 aliphatic rings. The fourth-order valence-electron chi connectivity index (χ4n) is 2.29. The molecule has 1 unspecified atom stereocenters. The van der Waals surface area contributed by atoms with E-state index < -0.39 is 11.6 Å². The number of rotatable bonds is 3. The van der Waals surface area contributed by atoms with Gasteiger partial charge >= 0.3 is 0 Å². The summed E-state index contributed by atoms with van der Waals surface area (Å²) in [5.74, 6) is 0.132. The number of alkyl halides is 1. The number of pyridine rings is 1. The minimum absolute atomic E-state index is 0.255. The summed E-state index contributed by atoms with van der Waals surface area (Å²) in [4.78, 5) is 5.72. The van der Waals surface area contributed by atoms with Gasteiger partial charge in [-0.3, -0.25) is 0 Å². The Morgan fingerprint density at radius 3 is 3.00 bits per heavy atom. The molecule has 1 atom stereocenters. The fraction of sp³-hybridized carbons (Fsp3) is 0.583. The molecule has 0 N–H and O–H groups in total. The molecule has 0 radical (unpaired) electrons. The van der Waals surface area contributed by atoms with Gasteiger partial charge in [0.25, 0.3) is 0 Å². The van der Waals surface area contributed by atoms with E-state index in [1.54, 1.807) is 0 Å². The second-order valence-corrected chi connectivity index (χ2v) is 4.77. The van der Waals surface area contributed by atoms with E-state index in [0.717, 1.165) is 44.6 Å². The van der Waals surface area contributed by atoms with Gasteiger partial charge in [0, 0.05) is 25.0 Å². The number of aromatic nitrogens is 1. The van der Waals surface area contributed by atoms with Gasteiger partial charge in [0.2, 0.25) is 0 Å². The second kappa shape index (κ2) is 5.63. The van der Waals surface area contributed by atoms with Crippen LogP contribution < -0.4 is 4.90 Å². The number of piperidine rings is 1. The number of anilines is 1. The zero-order chi connectivity index (χ0) is 12.3. The quantitative estimate of drug-likeness (QED) is 0.776. The second-order valence-electron chi connectivity index (χ2n) is 4.39. The normalized spacial score (nSPS) is 20.6. The van der Waals surface area contributed by atoms with Crippen molar-refractivity contribution in [3.05, 3.63) is 23.9 Å². The molecule has 5 heteroatoms. The first-order valence-corrected chi connectivity index (χ1v) is 6.36. The average Bonchev–Trinajstić information content (AvgIpc) is 2.29. The van der Waals surface area contributed by atoms with E-state index in [2.05, 4.69) is 4.98 Å². The molecule has 2 nitrogen and oxygen atoms in total. The van der Waals surface area contributed by atoms with Crippen molar-refractivity contribution >= 4 is 17.4 Å². The first-order chi connectivity index (χ1) is 8.20. The highest BCUT2D eigenvalue weighted by atomic mass is 35.5. The van der Waals surface area contributed by atoms with E-state index in [1.807, 2.05) is 4.90 Å². The first kappa shape index (κ1) is 12.6. The Bertz CT molecular complexity index is 385. The molecule has 0 amide bonds. The van der Waals surface area contributed by atoms with Crippen LogP contribution in [-0.2, 0) is 0 Å². The highest BCUT2D eigenvalue weighted by Crippen LogP contribution is 2.25. The summed E-state index contributed by atoms with van der Waals surface area (Å²) < 4.78 is 26.4. The predicted octanol–water partition coefficient (Wildman–Crippen LogP) is 3.21. The van der Waals surface area contributed by atoms with Crippen molar-refractivity contribution in [3.63, 3.8) is 0 Å². The predicted molar refractivity (Wildman–Crippen MR) is 64.4 cm³/mol. The van der Waals surface area contributed by atoms with Crippen molar-refractivity contribution in [1.29, 1.82) is 0 Å². The monoisotopic (exact) mass is 260 g/mol. The SMILES string of the molecule is Fc1cnc(N2CCCC(CCCl)C2)c(F)c1. The maximum Gasteiger partial charge on any atom is 0.168 e. The molecule has 0 saturated carbocycles. The molecule has 0 aromatic carbocycles. The third kappa shape index (κ3) is 3.06. The minimum Gasteiger partial charge on any atom is -0.354 e. The summed E-state index contributed by atoms with van der Waals surface area (Å²) in [7, 11) is 0. The van der Waals surface area contributed by atoms with Crippen LogP contribution in [0, 0.1) is 17.6 Å².